The van der Waals surface area contributed by atoms with E-state index in [-0.39, 0.29) is 40.4 Å². The maximum atomic E-state index is 15.1. The molecule has 7 rings (SSSR count). The summed E-state index contributed by atoms with van der Waals surface area (Å²) < 4.78 is 72.3. The van der Waals surface area contributed by atoms with E-state index in [1.807, 2.05) is 0 Å². The number of hydrogen-bond donors (Lipinski definition) is 2. The minimum absolute atomic E-state index is 0.0381. The van der Waals surface area contributed by atoms with Crippen LogP contribution in [0.15, 0.2) is 55.0 Å². The average molecular weight is 639 g/mol. The summed E-state index contributed by atoms with van der Waals surface area (Å²) in [5.41, 5.74) is -4.24. The molecule has 2 atom stereocenters. The number of ether oxygens (including phenoxy) is 2. The van der Waals surface area contributed by atoms with Gasteiger partial charge in [0, 0.05) is 35.3 Å². The van der Waals surface area contributed by atoms with Crippen molar-refractivity contribution in [2.75, 3.05) is 20.3 Å². The van der Waals surface area contributed by atoms with Crippen LogP contribution >= 0.6 is 0 Å². The summed E-state index contributed by atoms with van der Waals surface area (Å²) in [5, 5.41) is 30.3. The van der Waals surface area contributed by atoms with Crippen LogP contribution in [0.3, 0.4) is 0 Å². The first-order valence-electron chi connectivity index (χ1n) is 14.2. The molecule has 1 fully saturated rings. The number of pyridine rings is 1. The molecule has 1 aliphatic heterocycles. The Morgan fingerprint density at radius 3 is 2.61 bits per heavy atom. The fraction of sp³-hybridized carbons (Fsp3) is 0.333. The summed E-state index contributed by atoms with van der Waals surface area (Å²) >= 11 is 0. The van der Waals surface area contributed by atoms with Crippen LogP contribution in [-0.4, -0.2) is 72.4 Å². The maximum absolute atomic E-state index is 15.1. The van der Waals surface area contributed by atoms with Gasteiger partial charge in [-0.1, -0.05) is 0 Å². The third kappa shape index (κ3) is 4.62. The number of aliphatic hydroxyl groups is 1. The first-order chi connectivity index (χ1) is 21.9. The van der Waals surface area contributed by atoms with Gasteiger partial charge in [-0.2, -0.15) is 18.3 Å². The topological polar surface area (TPSA) is 142 Å². The SMILES string of the molecule is COc1cc(C(=O)NCC(O)(c2cc3c(c(-c4ccc(F)cc4)n2)OC[C@@]3(n2cnnn2)C(F)(F)F)C2CC2)cc2cn(C)nc12. The highest BCUT2D eigenvalue weighted by Crippen LogP contribution is 2.54. The van der Waals surface area contributed by atoms with Gasteiger partial charge in [-0.25, -0.2) is 14.1 Å². The normalized spacial score (nSPS) is 19.0. The number of carbonyl (C=O) groups excluding carboxylic acids is 1. The predicted octanol–water partition coefficient (Wildman–Crippen LogP) is 3.50. The first kappa shape index (κ1) is 29.6. The van der Waals surface area contributed by atoms with Crippen LogP contribution in [0.25, 0.3) is 22.2 Å². The fourth-order valence-electron chi connectivity index (χ4n) is 5.99. The van der Waals surface area contributed by atoms with E-state index >= 15 is 13.2 Å². The van der Waals surface area contributed by atoms with Crippen molar-refractivity contribution in [1.29, 1.82) is 0 Å². The fourth-order valence-corrected chi connectivity index (χ4v) is 5.99. The second-order valence-corrected chi connectivity index (χ2v) is 11.4. The van der Waals surface area contributed by atoms with E-state index in [2.05, 4.69) is 30.9 Å². The summed E-state index contributed by atoms with van der Waals surface area (Å²) in [6.07, 6.45) is -1.31. The molecule has 16 heteroatoms. The lowest BCUT2D eigenvalue weighted by atomic mass is 9.85. The van der Waals surface area contributed by atoms with Crippen LogP contribution in [0.4, 0.5) is 17.6 Å². The molecule has 0 radical (unpaired) electrons. The molecule has 5 aromatic rings. The number of aromatic nitrogens is 7. The van der Waals surface area contributed by atoms with Crippen molar-refractivity contribution >= 4 is 16.8 Å². The molecule has 1 amide bonds. The zero-order valence-electron chi connectivity index (χ0n) is 24.4. The number of hydrogen-bond acceptors (Lipinski definition) is 9. The number of carbonyl (C=O) groups is 1. The van der Waals surface area contributed by atoms with Crippen LogP contribution in [0, 0.1) is 11.7 Å². The van der Waals surface area contributed by atoms with Crippen LogP contribution < -0.4 is 14.8 Å². The monoisotopic (exact) mass is 638 g/mol. The third-order valence-electron chi connectivity index (χ3n) is 8.56. The number of methoxy groups -OCH3 is 1. The maximum Gasteiger partial charge on any atom is 0.421 e. The van der Waals surface area contributed by atoms with E-state index in [1.54, 1.807) is 24.0 Å². The number of nitrogens with zero attached hydrogens (tertiary/aromatic N) is 7. The van der Waals surface area contributed by atoms with Crippen LogP contribution in [0.5, 0.6) is 11.5 Å². The number of fused-ring (bicyclic) bond motifs is 2. The first-order valence-corrected chi connectivity index (χ1v) is 14.2. The number of tetrazole rings is 1. The van der Waals surface area contributed by atoms with Crippen molar-refractivity contribution in [1.82, 2.24) is 40.3 Å². The second-order valence-electron chi connectivity index (χ2n) is 11.4. The van der Waals surface area contributed by atoms with Crippen molar-refractivity contribution in [3.05, 3.63) is 77.6 Å². The Kier molecular flexibility index (Phi) is 6.73. The van der Waals surface area contributed by atoms with Gasteiger partial charge in [0.2, 0.25) is 5.54 Å². The van der Waals surface area contributed by atoms with Gasteiger partial charge in [-0.3, -0.25) is 9.48 Å². The van der Waals surface area contributed by atoms with Crippen molar-refractivity contribution in [3.63, 3.8) is 0 Å². The second kappa shape index (κ2) is 10.5. The summed E-state index contributed by atoms with van der Waals surface area (Å²) in [6, 6.07) is 9.28. The van der Waals surface area contributed by atoms with Gasteiger partial charge < -0.3 is 19.9 Å². The van der Waals surface area contributed by atoms with Gasteiger partial charge in [0.1, 0.15) is 41.3 Å². The Bertz CT molecular complexity index is 1960. The van der Waals surface area contributed by atoms with Crippen molar-refractivity contribution in [3.8, 4) is 22.8 Å². The molecule has 1 unspecified atom stereocenters. The molecule has 0 spiro atoms. The van der Waals surface area contributed by atoms with E-state index in [9.17, 15) is 14.3 Å². The zero-order chi connectivity index (χ0) is 32.4. The van der Waals surface area contributed by atoms with Crippen molar-refractivity contribution < 1.29 is 36.9 Å². The molecule has 238 valence electrons. The standard InChI is InChI=1S/C30H26F4N8O4/c1-41-12-18-9-17(10-22(45-2)24(18)38-41)27(43)35-13-28(44,19-5-6-19)23-11-21-26(25(37-23)16-3-7-20(31)8-4-16)46-14-29(21,30(32,33)34)42-15-36-39-40-42/h3-4,7-12,15,19,44H,5-6,13-14H2,1-2H3,(H,35,43)/t28?,29-/m0/s1. The Morgan fingerprint density at radius 2 is 1.96 bits per heavy atom. The molecule has 12 nitrogen and oxygen atoms in total. The summed E-state index contributed by atoms with van der Waals surface area (Å²) in [6.45, 7) is -1.28. The average Bonchev–Trinajstić information content (AvgIpc) is 3.40. The van der Waals surface area contributed by atoms with E-state index in [0.717, 1.165) is 24.5 Å². The number of rotatable bonds is 8. The number of amides is 1. The zero-order valence-corrected chi connectivity index (χ0v) is 24.4. The van der Waals surface area contributed by atoms with Crippen molar-refractivity contribution in [2.45, 2.75) is 30.2 Å². The van der Waals surface area contributed by atoms with Crippen LogP contribution in [-0.2, 0) is 18.2 Å². The van der Waals surface area contributed by atoms with Gasteiger partial charge in [0.15, 0.2) is 5.75 Å². The summed E-state index contributed by atoms with van der Waals surface area (Å²) in [4.78, 5) is 18.0. The molecule has 1 aliphatic carbocycles. The lowest BCUT2D eigenvalue weighted by Crippen LogP contribution is -2.51. The molecular weight excluding hydrogens is 612 g/mol. The third-order valence-corrected chi connectivity index (χ3v) is 8.56. The minimum Gasteiger partial charge on any atom is -0.494 e. The highest BCUT2D eigenvalue weighted by atomic mass is 19.4. The molecule has 2 N–H and O–H groups in total. The quantitative estimate of drug-likeness (QED) is 0.244. The number of alkyl halides is 3. The van der Waals surface area contributed by atoms with Gasteiger partial charge >= 0.3 is 6.18 Å². The lowest BCUT2D eigenvalue weighted by molar-refractivity contribution is -0.205. The Hall–Kier alpha value is -5.12. The minimum atomic E-state index is -4.96. The molecule has 4 heterocycles. The molecule has 2 aromatic carbocycles. The van der Waals surface area contributed by atoms with E-state index in [4.69, 9.17) is 9.47 Å². The van der Waals surface area contributed by atoms with Crippen LogP contribution in [0.2, 0.25) is 0 Å². The van der Waals surface area contributed by atoms with Gasteiger partial charge in [0.05, 0.1) is 19.3 Å². The van der Waals surface area contributed by atoms with Gasteiger partial charge in [-0.05, 0) is 71.7 Å². The van der Waals surface area contributed by atoms with E-state index in [0.29, 0.717) is 34.2 Å². The Morgan fingerprint density at radius 1 is 1.20 bits per heavy atom. The smallest absolute Gasteiger partial charge is 0.421 e. The molecule has 0 bridgehead atoms. The highest BCUT2D eigenvalue weighted by molar-refractivity contribution is 5.99. The number of nitrogens with one attached hydrogen (secondary N) is 1. The number of benzene rings is 2. The molecular formula is C30H26F4N8O4. The van der Waals surface area contributed by atoms with E-state index < -0.39 is 41.6 Å². The molecule has 2 aliphatic rings. The molecule has 1 saturated carbocycles. The van der Waals surface area contributed by atoms with Crippen molar-refractivity contribution in [2.24, 2.45) is 13.0 Å². The highest BCUT2D eigenvalue weighted by Gasteiger charge is 2.64. The summed E-state index contributed by atoms with van der Waals surface area (Å²) in [7, 11) is 3.19. The van der Waals surface area contributed by atoms with Gasteiger partial charge in [-0.15, -0.1) is 5.10 Å². The molecule has 3 aromatic heterocycles. The number of aryl methyl sites for hydroxylation is 1. The Balaban J connectivity index is 1.33. The van der Waals surface area contributed by atoms with Crippen LogP contribution in [0.1, 0.15) is 34.5 Å². The number of halogens is 4. The molecule has 46 heavy (non-hydrogen) atoms. The Labute approximate surface area is 257 Å². The lowest BCUT2D eigenvalue weighted by Gasteiger charge is -2.32. The van der Waals surface area contributed by atoms with Gasteiger partial charge in [0.25, 0.3) is 5.91 Å². The predicted molar refractivity (Wildman–Crippen MR) is 152 cm³/mol. The largest absolute Gasteiger partial charge is 0.494 e. The van der Waals surface area contributed by atoms with E-state index in [1.165, 1.54) is 25.3 Å². The summed E-state index contributed by atoms with van der Waals surface area (Å²) in [5.74, 6) is -1.37. The molecule has 0 saturated heterocycles.